The topological polar surface area (TPSA) is 62.5 Å². The lowest BCUT2D eigenvalue weighted by atomic mass is 9.93. The number of nitrogens with zero attached hydrogens (tertiary/aromatic N) is 1. The Hall–Kier alpha value is -1.44. The summed E-state index contributed by atoms with van der Waals surface area (Å²) in [5.74, 6) is 0.577. The second kappa shape index (κ2) is 5.47. The number of hydrogen-bond donors (Lipinski definition) is 1. The molecule has 0 bridgehead atoms. The molecule has 0 aliphatic carbocycles. The largest absolute Gasteiger partial charge is 0.454 e. The molecule has 1 aliphatic rings. The van der Waals surface area contributed by atoms with Gasteiger partial charge in [-0.1, -0.05) is 24.9 Å². The normalized spacial score (nSPS) is 16.1. The Bertz CT molecular complexity index is 484. The van der Waals surface area contributed by atoms with E-state index in [-0.39, 0.29) is 6.79 Å². The average molecular weight is 268 g/mol. The highest BCUT2D eigenvalue weighted by atomic mass is 35.5. The summed E-state index contributed by atoms with van der Waals surface area (Å²) in [4.78, 5) is 0. The molecule has 1 heterocycles. The highest BCUT2D eigenvalue weighted by molar-refractivity contribution is 6.32. The van der Waals surface area contributed by atoms with Gasteiger partial charge in [-0.05, 0) is 24.1 Å². The zero-order valence-corrected chi connectivity index (χ0v) is 10.8. The Balaban J connectivity index is 2.29. The Kier molecular flexibility index (Phi) is 3.95. The van der Waals surface area contributed by atoms with E-state index in [0.29, 0.717) is 28.5 Å². The van der Waals surface area contributed by atoms with Gasteiger partial charge in [0.05, 0.1) is 23.1 Å². The molecular formula is C13H14ClNO3. The van der Waals surface area contributed by atoms with Crippen LogP contribution in [-0.2, 0) is 0 Å². The van der Waals surface area contributed by atoms with Gasteiger partial charge in [0.1, 0.15) is 0 Å². The lowest BCUT2D eigenvalue weighted by Crippen LogP contribution is -2.10. The molecule has 2 rings (SSSR count). The second-order valence-electron chi connectivity index (χ2n) is 4.21. The Morgan fingerprint density at radius 2 is 2.28 bits per heavy atom. The molecule has 18 heavy (non-hydrogen) atoms. The van der Waals surface area contributed by atoms with Crippen LogP contribution in [0.5, 0.6) is 11.5 Å². The highest BCUT2D eigenvalue weighted by Gasteiger charge is 2.25. The molecule has 1 N–H and O–H groups in total. The van der Waals surface area contributed by atoms with Gasteiger partial charge in [0, 0.05) is 0 Å². The van der Waals surface area contributed by atoms with Gasteiger partial charge in [-0.3, -0.25) is 0 Å². The van der Waals surface area contributed by atoms with Crippen molar-refractivity contribution in [2.24, 2.45) is 5.92 Å². The lowest BCUT2D eigenvalue weighted by Gasteiger charge is -2.17. The van der Waals surface area contributed by atoms with E-state index >= 15 is 0 Å². The summed E-state index contributed by atoms with van der Waals surface area (Å²) < 4.78 is 10.4. The maximum atomic E-state index is 10.2. The minimum atomic E-state index is -0.859. The highest BCUT2D eigenvalue weighted by Crippen LogP contribution is 2.42. The van der Waals surface area contributed by atoms with E-state index in [0.717, 1.165) is 6.42 Å². The third kappa shape index (κ3) is 2.38. The summed E-state index contributed by atoms with van der Waals surface area (Å²) in [6.07, 6.45) is 0.624. The first-order valence-electron chi connectivity index (χ1n) is 5.84. The number of halogens is 1. The van der Waals surface area contributed by atoms with Crippen molar-refractivity contribution in [3.05, 3.63) is 22.7 Å². The molecule has 0 amide bonds. The van der Waals surface area contributed by atoms with E-state index in [2.05, 4.69) is 6.07 Å². The first-order valence-corrected chi connectivity index (χ1v) is 6.22. The second-order valence-corrected chi connectivity index (χ2v) is 4.61. The van der Waals surface area contributed by atoms with Crippen LogP contribution in [0.25, 0.3) is 0 Å². The number of aliphatic hydroxyl groups excluding tert-OH is 1. The Morgan fingerprint density at radius 1 is 1.50 bits per heavy atom. The van der Waals surface area contributed by atoms with Crippen LogP contribution in [0.15, 0.2) is 12.1 Å². The van der Waals surface area contributed by atoms with Crippen molar-refractivity contribution in [2.45, 2.75) is 25.9 Å². The predicted octanol–water partition coefficient (Wildman–Crippen LogP) is 3.04. The van der Waals surface area contributed by atoms with Crippen LogP contribution in [-0.4, -0.2) is 11.9 Å². The van der Waals surface area contributed by atoms with E-state index in [9.17, 15) is 5.11 Å². The van der Waals surface area contributed by atoms with Crippen molar-refractivity contribution >= 4 is 11.6 Å². The van der Waals surface area contributed by atoms with Crippen LogP contribution in [0.1, 0.15) is 31.4 Å². The van der Waals surface area contributed by atoms with Gasteiger partial charge in [0.15, 0.2) is 11.5 Å². The monoisotopic (exact) mass is 267 g/mol. The maximum absolute atomic E-state index is 10.2. The molecule has 1 aromatic carbocycles. The van der Waals surface area contributed by atoms with E-state index in [1.165, 1.54) is 0 Å². The standard InChI is InChI=1S/C13H14ClNO3/c1-2-3-8(6-15)12(16)9-4-10(14)13-11(5-9)17-7-18-13/h4-5,8,12,16H,2-3,7H2,1H3. The number of hydrogen-bond acceptors (Lipinski definition) is 4. The van der Waals surface area contributed by atoms with Gasteiger partial charge in [0.25, 0.3) is 0 Å². The van der Waals surface area contributed by atoms with Crippen LogP contribution in [0, 0.1) is 17.2 Å². The molecule has 0 radical (unpaired) electrons. The number of rotatable bonds is 4. The van der Waals surface area contributed by atoms with Crippen molar-refractivity contribution in [3.63, 3.8) is 0 Å². The van der Waals surface area contributed by atoms with Crippen LogP contribution >= 0.6 is 11.6 Å². The molecule has 0 aromatic heterocycles. The zero-order valence-electron chi connectivity index (χ0n) is 10.0. The summed E-state index contributed by atoms with van der Waals surface area (Å²) in [7, 11) is 0. The Morgan fingerprint density at radius 3 is 2.94 bits per heavy atom. The van der Waals surface area contributed by atoms with Gasteiger partial charge >= 0.3 is 0 Å². The van der Waals surface area contributed by atoms with Gasteiger partial charge in [-0.25, -0.2) is 0 Å². The molecule has 1 aromatic rings. The molecule has 0 saturated carbocycles. The molecule has 0 spiro atoms. The molecule has 2 atom stereocenters. The quantitative estimate of drug-likeness (QED) is 0.911. The summed E-state index contributed by atoms with van der Waals surface area (Å²) in [5.41, 5.74) is 0.587. The van der Waals surface area contributed by atoms with E-state index in [1.807, 2.05) is 6.92 Å². The van der Waals surface area contributed by atoms with Gasteiger partial charge < -0.3 is 14.6 Å². The molecule has 5 heteroatoms. The van der Waals surface area contributed by atoms with Crippen LogP contribution in [0.2, 0.25) is 5.02 Å². The smallest absolute Gasteiger partial charge is 0.231 e. The minimum Gasteiger partial charge on any atom is -0.454 e. The first-order chi connectivity index (χ1) is 8.67. The number of aliphatic hydroxyl groups is 1. The molecular weight excluding hydrogens is 254 g/mol. The summed E-state index contributed by atoms with van der Waals surface area (Å²) >= 11 is 6.04. The number of ether oxygens (including phenoxy) is 2. The summed E-state index contributed by atoms with van der Waals surface area (Å²) in [6, 6.07) is 5.43. The van der Waals surface area contributed by atoms with E-state index < -0.39 is 12.0 Å². The summed E-state index contributed by atoms with van der Waals surface area (Å²) in [6.45, 7) is 2.11. The van der Waals surface area contributed by atoms with Crippen molar-refractivity contribution in [1.82, 2.24) is 0 Å². The SMILES string of the molecule is CCCC(C#N)C(O)c1cc(Cl)c2c(c1)OCO2. The fourth-order valence-electron chi connectivity index (χ4n) is 1.99. The van der Waals surface area contributed by atoms with Gasteiger partial charge in [-0.2, -0.15) is 5.26 Å². The molecule has 2 unspecified atom stereocenters. The zero-order chi connectivity index (χ0) is 13.1. The molecule has 0 fully saturated rings. The van der Waals surface area contributed by atoms with E-state index in [1.54, 1.807) is 12.1 Å². The third-order valence-corrected chi connectivity index (χ3v) is 3.22. The lowest BCUT2D eigenvalue weighted by molar-refractivity contribution is 0.129. The molecule has 4 nitrogen and oxygen atoms in total. The van der Waals surface area contributed by atoms with Crippen molar-refractivity contribution < 1.29 is 14.6 Å². The first kappa shape index (κ1) is 13.0. The number of nitriles is 1. The van der Waals surface area contributed by atoms with Crippen molar-refractivity contribution in [2.75, 3.05) is 6.79 Å². The average Bonchev–Trinajstić information content (AvgIpc) is 2.83. The predicted molar refractivity (Wildman–Crippen MR) is 66.5 cm³/mol. The maximum Gasteiger partial charge on any atom is 0.231 e. The van der Waals surface area contributed by atoms with E-state index in [4.69, 9.17) is 26.3 Å². The van der Waals surface area contributed by atoms with Gasteiger partial charge in [0.2, 0.25) is 6.79 Å². The molecule has 96 valence electrons. The van der Waals surface area contributed by atoms with Crippen LogP contribution < -0.4 is 9.47 Å². The minimum absolute atomic E-state index is 0.130. The van der Waals surface area contributed by atoms with Crippen LogP contribution in [0.4, 0.5) is 0 Å². The Labute approximate surface area is 111 Å². The molecule has 0 saturated heterocycles. The summed E-state index contributed by atoms with van der Waals surface area (Å²) in [5, 5.41) is 19.6. The number of benzene rings is 1. The third-order valence-electron chi connectivity index (χ3n) is 2.94. The van der Waals surface area contributed by atoms with Crippen molar-refractivity contribution in [3.8, 4) is 17.6 Å². The fraction of sp³-hybridized carbons (Fsp3) is 0.462. The van der Waals surface area contributed by atoms with Crippen LogP contribution in [0.3, 0.4) is 0 Å². The van der Waals surface area contributed by atoms with Crippen molar-refractivity contribution in [1.29, 1.82) is 5.26 Å². The number of fused-ring (bicyclic) bond motifs is 1. The van der Waals surface area contributed by atoms with Gasteiger partial charge in [-0.15, -0.1) is 0 Å². The fourth-order valence-corrected chi connectivity index (χ4v) is 2.27. The molecule has 1 aliphatic heterocycles.